The summed E-state index contributed by atoms with van der Waals surface area (Å²) in [6.07, 6.45) is 5.47. The zero-order valence-corrected chi connectivity index (χ0v) is 11.6. The highest BCUT2D eigenvalue weighted by Gasteiger charge is 2.25. The van der Waals surface area contributed by atoms with Crippen molar-refractivity contribution in [3.8, 4) is 10.8 Å². The van der Waals surface area contributed by atoms with Crippen molar-refractivity contribution >= 4 is 11.3 Å². The summed E-state index contributed by atoms with van der Waals surface area (Å²) in [5, 5.41) is 12.2. The van der Waals surface area contributed by atoms with Crippen molar-refractivity contribution in [2.45, 2.75) is 31.8 Å². The molecule has 0 aromatic carbocycles. The van der Waals surface area contributed by atoms with Crippen molar-refractivity contribution < 1.29 is 9.52 Å². The predicted molar refractivity (Wildman–Crippen MR) is 75.0 cm³/mol. The van der Waals surface area contributed by atoms with Gasteiger partial charge in [-0.05, 0) is 25.0 Å². The van der Waals surface area contributed by atoms with Crippen LogP contribution in [0.15, 0.2) is 28.2 Å². The average Bonchev–Trinajstić information content (AvgIpc) is 2.95. The Hall–Kier alpha value is -1.17. The third-order valence-corrected chi connectivity index (χ3v) is 4.53. The van der Waals surface area contributed by atoms with Gasteiger partial charge in [0, 0.05) is 24.5 Å². The van der Waals surface area contributed by atoms with Crippen molar-refractivity contribution in [1.82, 2.24) is 9.88 Å². The molecule has 4 nitrogen and oxygen atoms in total. The van der Waals surface area contributed by atoms with Crippen LogP contribution in [0, 0.1) is 0 Å². The molecule has 1 fully saturated rings. The molecule has 1 N–H and O–H groups in total. The highest BCUT2D eigenvalue weighted by molar-refractivity contribution is 7.13. The first-order valence-electron chi connectivity index (χ1n) is 6.70. The zero-order valence-electron chi connectivity index (χ0n) is 10.8. The van der Waals surface area contributed by atoms with E-state index in [0.717, 1.165) is 29.6 Å². The molecule has 2 aromatic rings. The molecule has 102 valence electrons. The lowest BCUT2D eigenvalue weighted by molar-refractivity contribution is 0.0935. The van der Waals surface area contributed by atoms with Crippen molar-refractivity contribution in [3.63, 3.8) is 0 Å². The fourth-order valence-corrected chi connectivity index (χ4v) is 3.15. The van der Waals surface area contributed by atoms with Gasteiger partial charge in [-0.1, -0.05) is 6.42 Å². The minimum atomic E-state index is 0.214. The van der Waals surface area contributed by atoms with E-state index in [0.29, 0.717) is 6.04 Å². The highest BCUT2D eigenvalue weighted by Crippen LogP contribution is 2.28. The molecule has 0 bridgehead atoms. The van der Waals surface area contributed by atoms with E-state index in [1.54, 1.807) is 17.6 Å². The van der Waals surface area contributed by atoms with E-state index in [1.807, 2.05) is 12.1 Å². The van der Waals surface area contributed by atoms with Gasteiger partial charge in [-0.15, -0.1) is 11.3 Å². The van der Waals surface area contributed by atoms with Crippen LogP contribution < -0.4 is 0 Å². The first kappa shape index (κ1) is 12.8. The molecule has 0 amide bonds. The predicted octanol–water partition coefficient (Wildman–Crippen LogP) is 2.75. The second kappa shape index (κ2) is 5.86. The Morgan fingerprint density at radius 2 is 2.37 bits per heavy atom. The second-order valence-electron chi connectivity index (χ2n) is 4.90. The first-order valence-corrected chi connectivity index (χ1v) is 7.58. The van der Waals surface area contributed by atoms with Crippen LogP contribution in [-0.4, -0.2) is 34.2 Å². The Morgan fingerprint density at radius 3 is 3.00 bits per heavy atom. The number of aliphatic hydroxyl groups is 1. The van der Waals surface area contributed by atoms with E-state index in [-0.39, 0.29) is 6.61 Å². The van der Waals surface area contributed by atoms with Crippen molar-refractivity contribution in [1.29, 1.82) is 0 Å². The Labute approximate surface area is 116 Å². The molecule has 19 heavy (non-hydrogen) atoms. The maximum absolute atomic E-state index is 9.16. The summed E-state index contributed by atoms with van der Waals surface area (Å²) in [6.45, 7) is 1.77. The van der Waals surface area contributed by atoms with Gasteiger partial charge in [0.05, 0.1) is 18.6 Å². The van der Waals surface area contributed by atoms with Gasteiger partial charge >= 0.3 is 0 Å². The summed E-state index contributed by atoms with van der Waals surface area (Å²) in [5.74, 6) is 0.827. The molecular formula is C14H18N2O2S. The van der Waals surface area contributed by atoms with Crippen LogP contribution in [0.3, 0.4) is 0 Å². The molecule has 0 atom stereocenters. The average molecular weight is 278 g/mol. The number of nitrogens with zero attached hydrogens (tertiary/aromatic N) is 2. The summed E-state index contributed by atoms with van der Waals surface area (Å²) in [6, 6.07) is 4.43. The van der Waals surface area contributed by atoms with Gasteiger partial charge in [0.15, 0.2) is 10.8 Å². The number of aromatic nitrogens is 1. The van der Waals surface area contributed by atoms with E-state index in [4.69, 9.17) is 9.52 Å². The number of rotatable bonds is 6. The molecule has 0 aliphatic heterocycles. The second-order valence-corrected chi connectivity index (χ2v) is 5.76. The highest BCUT2D eigenvalue weighted by atomic mass is 32.1. The molecule has 0 spiro atoms. The molecule has 1 aliphatic carbocycles. The number of aliphatic hydroxyl groups excluding tert-OH is 1. The van der Waals surface area contributed by atoms with Crippen molar-refractivity contribution in [3.05, 3.63) is 29.5 Å². The normalized spacial score (nSPS) is 15.9. The van der Waals surface area contributed by atoms with Crippen LogP contribution in [-0.2, 0) is 6.54 Å². The number of furan rings is 1. The van der Waals surface area contributed by atoms with Gasteiger partial charge in [-0.25, -0.2) is 4.98 Å². The summed E-state index contributed by atoms with van der Waals surface area (Å²) < 4.78 is 5.36. The van der Waals surface area contributed by atoms with Crippen molar-refractivity contribution in [2.75, 3.05) is 13.2 Å². The van der Waals surface area contributed by atoms with Crippen LogP contribution in [0.5, 0.6) is 0 Å². The van der Waals surface area contributed by atoms with Crippen molar-refractivity contribution in [2.24, 2.45) is 0 Å². The Morgan fingerprint density at radius 1 is 1.47 bits per heavy atom. The Balaban J connectivity index is 1.68. The maximum atomic E-state index is 9.16. The van der Waals surface area contributed by atoms with Gasteiger partial charge in [0.2, 0.25) is 0 Å². The van der Waals surface area contributed by atoms with Crippen LogP contribution in [0.1, 0.15) is 25.0 Å². The summed E-state index contributed by atoms with van der Waals surface area (Å²) in [5.41, 5.74) is 1.07. The topological polar surface area (TPSA) is 49.5 Å². The van der Waals surface area contributed by atoms with Crippen LogP contribution in [0.4, 0.5) is 0 Å². The van der Waals surface area contributed by atoms with Gasteiger partial charge in [-0.3, -0.25) is 4.90 Å². The van der Waals surface area contributed by atoms with E-state index in [2.05, 4.69) is 15.3 Å². The molecule has 3 rings (SSSR count). The van der Waals surface area contributed by atoms with Crippen LogP contribution in [0.25, 0.3) is 10.8 Å². The van der Waals surface area contributed by atoms with Gasteiger partial charge in [-0.2, -0.15) is 0 Å². The van der Waals surface area contributed by atoms with Crippen LogP contribution in [0.2, 0.25) is 0 Å². The first-order chi connectivity index (χ1) is 9.36. The molecule has 0 saturated heterocycles. The Kier molecular flexibility index (Phi) is 3.96. The Bertz CT molecular complexity index is 505. The van der Waals surface area contributed by atoms with Gasteiger partial charge in [0.25, 0.3) is 0 Å². The quantitative estimate of drug-likeness (QED) is 0.882. The van der Waals surface area contributed by atoms with E-state index in [9.17, 15) is 0 Å². The molecule has 1 aliphatic rings. The number of hydrogen-bond donors (Lipinski definition) is 1. The lowest BCUT2D eigenvalue weighted by Gasteiger charge is -2.36. The minimum Gasteiger partial charge on any atom is -0.462 e. The largest absolute Gasteiger partial charge is 0.462 e. The molecule has 0 unspecified atom stereocenters. The fourth-order valence-electron chi connectivity index (χ4n) is 2.37. The molecular weight excluding hydrogens is 260 g/mol. The van der Waals surface area contributed by atoms with Gasteiger partial charge in [0.1, 0.15) is 0 Å². The fraction of sp³-hybridized carbons (Fsp3) is 0.500. The third-order valence-electron chi connectivity index (χ3n) is 3.63. The number of thiazole rings is 1. The number of hydrogen-bond acceptors (Lipinski definition) is 5. The van der Waals surface area contributed by atoms with Gasteiger partial charge < -0.3 is 9.52 Å². The summed E-state index contributed by atoms with van der Waals surface area (Å²) in [7, 11) is 0. The molecule has 0 radical (unpaired) electrons. The standard InChI is InChI=1S/C14H18N2O2S/c17-7-6-16(12-3-1-4-12)9-11-10-19-14(15-11)13-5-2-8-18-13/h2,5,8,10,12,17H,1,3-4,6-7,9H2. The van der Waals surface area contributed by atoms with Crippen LogP contribution >= 0.6 is 11.3 Å². The summed E-state index contributed by atoms with van der Waals surface area (Å²) in [4.78, 5) is 6.95. The molecule has 2 aromatic heterocycles. The summed E-state index contributed by atoms with van der Waals surface area (Å²) >= 11 is 1.61. The molecule has 2 heterocycles. The smallest absolute Gasteiger partial charge is 0.162 e. The minimum absolute atomic E-state index is 0.214. The van der Waals surface area contributed by atoms with E-state index >= 15 is 0 Å². The zero-order chi connectivity index (χ0) is 13.1. The maximum Gasteiger partial charge on any atom is 0.162 e. The van der Waals surface area contributed by atoms with E-state index < -0.39 is 0 Å². The van der Waals surface area contributed by atoms with E-state index in [1.165, 1.54) is 19.3 Å². The lowest BCUT2D eigenvalue weighted by atomic mass is 9.91. The lowest BCUT2D eigenvalue weighted by Crippen LogP contribution is -2.41. The third kappa shape index (κ3) is 2.88. The monoisotopic (exact) mass is 278 g/mol. The molecule has 1 saturated carbocycles. The molecule has 5 heteroatoms. The SMILES string of the molecule is OCCN(Cc1csc(-c2ccco2)n1)C1CCC1.